The number of hydrogen-bond acceptors (Lipinski definition) is 3. The summed E-state index contributed by atoms with van der Waals surface area (Å²) < 4.78 is 7.64. The van der Waals surface area contributed by atoms with E-state index in [4.69, 9.17) is 4.74 Å². The first-order valence-corrected chi connectivity index (χ1v) is 9.51. The number of guanidine groups is 1. The number of aliphatic imine (C=N–C) groups is 1. The van der Waals surface area contributed by atoms with Crippen molar-refractivity contribution in [3.05, 3.63) is 24.5 Å². The molecule has 0 atom stereocenters. The third kappa shape index (κ3) is 9.34. The SMILES string of the molecule is CCNC(=NCCN(C(=O)OC(C)(C)C)C1CC1)NCCn1cccc1.I. The number of carbonyl (C=O) groups is 1. The van der Waals surface area contributed by atoms with Crippen LogP contribution in [-0.4, -0.2) is 59.3 Å². The topological polar surface area (TPSA) is 70.9 Å². The van der Waals surface area contributed by atoms with Gasteiger partial charge < -0.3 is 24.8 Å². The van der Waals surface area contributed by atoms with Crippen LogP contribution in [0.25, 0.3) is 0 Å². The van der Waals surface area contributed by atoms with E-state index in [2.05, 4.69) is 20.2 Å². The lowest BCUT2D eigenvalue weighted by Crippen LogP contribution is -2.41. The highest BCUT2D eigenvalue weighted by atomic mass is 127. The fourth-order valence-electron chi connectivity index (χ4n) is 2.56. The van der Waals surface area contributed by atoms with E-state index < -0.39 is 5.60 Å². The number of ether oxygens (including phenoxy) is 1. The average molecular weight is 491 g/mol. The predicted octanol–water partition coefficient (Wildman–Crippen LogP) is 3.06. The number of hydrogen-bond donors (Lipinski definition) is 2. The predicted molar refractivity (Wildman–Crippen MR) is 120 cm³/mol. The third-order valence-corrected chi connectivity index (χ3v) is 3.90. The summed E-state index contributed by atoms with van der Waals surface area (Å²) in [5.41, 5.74) is -0.470. The molecule has 0 spiro atoms. The first-order chi connectivity index (χ1) is 12.4. The normalized spacial score (nSPS) is 14.3. The molecule has 0 aromatic carbocycles. The summed E-state index contributed by atoms with van der Waals surface area (Å²) in [6.45, 7) is 11.3. The number of nitrogens with one attached hydrogen (secondary N) is 2. The maximum Gasteiger partial charge on any atom is 0.410 e. The fourth-order valence-corrected chi connectivity index (χ4v) is 2.56. The van der Waals surface area contributed by atoms with Crippen LogP contribution < -0.4 is 10.6 Å². The molecule has 2 rings (SSSR count). The van der Waals surface area contributed by atoms with Crippen molar-refractivity contribution in [2.75, 3.05) is 26.2 Å². The zero-order valence-corrected chi connectivity index (χ0v) is 19.2. The molecule has 0 saturated heterocycles. The maximum atomic E-state index is 12.4. The van der Waals surface area contributed by atoms with Gasteiger partial charge in [-0.25, -0.2) is 4.79 Å². The molecule has 27 heavy (non-hydrogen) atoms. The zero-order chi connectivity index (χ0) is 19.0. The van der Waals surface area contributed by atoms with Crippen LogP contribution >= 0.6 is 24.0 Å². The van der Waals surface area contributed by atoms with Crippen molar-refractivity contribution < 1.29 is 9.53 Å². The van der Waals surface area contributed by atoms with Crippen LogP contribution in [0.15, 0.2) is 29.5 Å². The summed E-state index contributed by atoms with van der Waals surface area (Å²) in [7, 11) is 0. The number of nitrogens with zero attached hydrogens (tertiary/aromatic N) is 3. The number of halogens is 1. The van der Waals surface area contributed by atoms with E-state index in [1.165, 1.54) is 0 Å². The van der Waals surface area contributed by atoms with Crippen molar-refractivity contribution in [3.8, 4) is 0 Å². The molecular formula is C19H34IN5O2. The zero-order valence-electron chi connectivity index (χ0n) is 16.9. The van der Waals surface area contributed by atoms with Crippen LogP contribution in [0.3, 0.4) is 0 Å². The molecule has 7 nitrogen and oxygen atoms in total. The monoisotopic (exact) mass is 491 g/mol. The average Bonchev–Trinajstić information content (AvgIpc) is 3.25. The number of carbonyl (C=O) groups excluding carboxylic acids is 1. The first-order valence-electron chi connectivity index (χ1n) is 9.51. The molecule has 0 unspecified atom stereocenters. The van der Waals surface area contributed by atoms with Gasteiger partial charge in [-0.3, -0.25) is 4.99 Å². The van der Waals surface area contributed by atoms with Crippen LogP contribution in [0.2, 0.25) is 0 Å². The Balaban J connectivity index is 0.00000364. The molecule has 154 valence electrons. The van der Waals surface area contributed by atoms with Crippen molar-refractivity contribution >= 4 is 36.0 Å². The van der Waals surface area contributed by atoms with Gasteiger partial charge >= 0.3 is 6.09 Å². The maximum absolute atomic E-state index is 12.4. The lowest BCUT2D eigenvalue weighted by Gasteiger charge is -2.27. The molecule has 8 heteroatoms. The standard InChI is InChI=1S/C19H33N5O2.HI/c1-5-20-17(21-10-14-23-12-6-7-13-23)22-11-15-24(16-8-9-16)18(25)26-19(2,3)4;/h6-7,12-13,16H,5,8-11,14-15H2,1-4H3,(H2,20,21,22);1H. The van der Waals surface area contributed by atoms with E-state index in [0.717, 1.165) is 38.4 Å². The highest BCUT2D eigenvalue weighted by molar-refractivity contribution is 14.0. The van der Waals surface area contributed by atoms with Crippen molar-refractivity contribution in [1.82, 2.24) is 20.1 Å². The van der Waals surface area contributed by atoms with E-state index in [9.17, 15) is 4.79 Å². The van der Waals surface area contributed by atoms with Crippen LogP contribution in [0.5, 0.6) is 0 Å². The number of aromatic nitrogens is 1. The Hall–Kier alpha value is -1.45. The first kappa shape index (κ1) is 23.6. The molecule has 1 heterocycles. The Morgan fingerprint density at radius 2 is 1.93 bits per heavy atom. The van der Waals surface area contributed by atoms with Gasteiger partial charge in [-0.05, 0) is 52.7 Å². The van der Waals surface area contributed by atoms with E-state index in [-0.39, 0.29) is 30.1 Å². The van der Waals surface area contributed by atoms with E-state index in [1.807, 2.05) is 57.1 Å². The molecule has 1 amide bonds. The van der Waals surface area contributed by atoms with Gasteiger partial charge in [0, 0.05) is 44.6 Å². The van der Waals surface area contributed by atoms with E-state index >= 15 is 0 Å². The van der Waals surface area contributed by atoms with Crippen LogP contribution in [-0.2, 0) is 11.3 Å². The van der Waals surface area contributed by atoms with Gasteiger partial charge in [0.2, 0.25) is 0 Å². The van der Waals surface area contributed by atoms with Crippen LogP contribution in [0.4, 0.5) is 4.79 Å². The molecule has 2 N–H and O–H groups in total. The molecular weight excluding hydrogens is 457 g/mol. The lowest BCUT2D eigenvalue weighted by atomic mass is 10.2. The number of amides is 1. The molecule has 1 aromatic rings. The van der Waals surface area contributed by atoms with Crippen molar-refractivity contribution in [2.24, 2.45) is 4.99 Å². The van der Waals surface area contributed by atoms with Crippen molar-refractivity contribution in [3.63, 3.8) is 0 Å². The second-order valence-corrected chi connectivity index (χ2v) is 7.51. The van der Waals surface area contributed by atoms with Gasteiger partial charge in [0.25, 0.3) is 0 Å². The Morgan fingerprint density at radius 1 is 1.26 bits per heavy atom. The van der Waals surface area contributed by atoms with Crippen molar-refractivity contribution in [1.29, 1.82) is 0 Å². The quantitative estimate of drug-likeness (QED) is 0.333. The fraction of sp³-hybridized carbons (Fsp3) is 0.684. The highest BCUT2D eigenvalue weighted by Gasteiger charge is 2.34. The van der Waals surface area contributed by atoms with Gasteiger partial charge in [0.1, 0.15) is 5.60 Å². The molecule has 0 aliphatic heterocycles. The Morgan fingerprint density at radius 3 is 2.48 bits per heavy atom. The van der Waals surface area contributed by atoms with E-state index in [0.29, 0.717) is 19.1 Å². The van der Waals surface area contributed by atoms with Gasteiger partial charge in [-0.1, -0.05) is 0 Å². The molecule has 1 aliphatic carbocycles. The molecule has 0 radical (unpaired) electrons. The summed E-state index contributed by atoms with van der Waals surface area (Å²) in [6, 6.07) is 4.34. The highest BCUT2D eigenvalue weighted by Crippen LogP contribution is 2.28. The Kier molecular flexibility index (Phi) is 9.97. The van der Waals surface area contributed by atoms with Gasteiger partial charge in [-0.15, -0.1) is 24.0 Å². The van der Waals surface area contributed by atoms with E-state index in [1.54, 1.807) is 0 Å². The molecule has 1 aromatic heterocycles. The second-order valence-electron chi connectivity index (χ2n) is 7.51. The summed E-state index contributed by atoms with van der Waals surface area (Å²) >= 11 is 0. The van der Waals surface area contributed by atoms with Crippen molar-refractivity contribution in [2.45, 2.75) is 58.7 Å². The Bertz CT molecular complexity index is 579. The third-order valence-electron chi connectivity index (χ3n) is 3.90. The minimum Gasteiger partial charge on any atom is -0.444 e. The van der Waals surface area contributed by atoms with Crippen LogP contribution in [0.1, 0.15) is 40.5 Å². The number of rotatable bonds is 8. The van der Waals surface area contributed by atoms with Gasteiger partial charge in [0.15, 0.2) is 5.96 Å². The van der Waals surface area contributed by atoms with Crippen LogP contribution in [0, 0.1) is 0 Å². The smallest absolute Gasteiger partial charge is 0.410 e. The minimum absolute atomic E-state index is 0. The summed E-state index contributed by atoms with van der Waals surface area (Å²) in [4.78, 5) is 18.8. The Labute approximate surface area is 179 Å². The summed E-state index contributed by atoms with van der Waals surface area (Å²) in [6.07, 6.45) is 5.96. The summed E-state index contributed by atoms with van der Waals surface area (Å²) in [5.74, 6) is 0.777. The molecule has 0 bridgehead atoms. The van der Waals surface area contributed by atoms with Gasteiger partial charge in [0.05, 0.1) is 6.54 Å². The summed E-state index contributed by atoms with van der Waals surface area (Å²) in [5, 5.41) is 6.57. The van der Waals surface area contributed by atoms with Gasteiger partial charge in [-0.2, -0.15) is 0 Å². The largest absolute Gasteiger partial charge is 0.444 e. The lowest BCUT2D eigenvalue weighted by molar-refractivity contribution is 0.0240. The molecule has 1 aliphatic rings. The molecule has 1 saturated carbocycles. The minimum atomic E-state index is -0.470. The second kappa shape index (κ2) is 11.4. The molecule has 1 fully saturated rings.